The number of carbonyl (C=O) groups is 2. The molecule has 1 unspecified atom stereocenters. The first kappa shape index (κ1) is 27.9. The molecule has 17 heteroatoms. The van der Waals surface area contributed by atoms with Gasteiger partial charge in [-0.2, -0.15) is 14.6 Å². The normalized spacial score (nSPS) is 18.2. The van der Waals surface area contributed by atoms with Crippen LogP contribution in [0.3, 0.4) is 0 Å². The van der Waals surface area contributed by atoms with Crippen LogP contribution in [-0.2, 0) is 13.6 Å². The zero-order valence-corrected chi connectivity index (χ0v) is 22.3. The molecule has 43 heavy (non-hydrogen) atoms. The molecular formula is C26H22F4N10O3. The molecule has 2 aliphatic carbocycles. The van der Waals surface area contributed by atoms with E-state index in [9.17, 15) is 27.2 Å². The quantitative estimate of drug-likeness (QED) is 0.306. The fraction of sp³-hybridized carbons (Fsp3) is 0.308. The van der Waals surface area contributed by atoms with Crippen molar-refractivity contribution in [1.82, 2.24) is 50.4 Å². The topological polar surface area (TPSA) is 154 Å². The minimum Gasteiger partial charge on any atom is -0.403 e. The van der Waals surface area contributed by atoms with E-state index in [4.69, 9.17) is 0 Å². The maximum Gasteiger partial charge on any atom is 0.573 e. The first-order chi connectivity index (χ1) is 20.6. The number of hydrogen-bond donors (Lipinski definition) is 2. The fourth-order valence-electron chi connectivity index (χ4n) is 5.24. The van der Waals surface area contributed by atoms with E-state index in [1.807, 2.05) is 6.08 Å². The number of rotatable bonds is 7. The van der Waals surface area contributed by atoms with Crippen LogP contribution in [0.2, 0.25) is 0 Å². The van der Waals surface area contributed by atoms with Crippen molar-refractivity contribution in [2.75, 3.05) is 0 Å². The van der Waals surface area contributed by atoms with Crippen LogP contribution < -0.4 is 15.4 Å². The van der Waals surface area contributed by atoms with Gasteiger partial charge in [0.1, 0.15) is 17.7 Å². The Hall–Kier alpha value is -5.22. The Morgan fingerprint density at radius 3 is 2.79 bits per heavy atom. The Labute approximate surface area is 239 Å². The Kier molecular flexibility index (Phi) is 7.07. The SMILES string of the molecule is Cn1nnnc1C1=CCC2C(=C1)CC[C@@H]2NC(=O)c1cc(C(=O)NCc2ccc(F)c(OC(F)(F)F)c2)nc2ncnn12. The van der Waals surface area contributed by atoms with Crippen LogP contribution in [-0.4, -0.2) is 64.0 Å². The second-order valence-corrected chi connectivity index (χ2v) is 9.96. The van der Waals surface area contributed by atoms with Crippen molar-refractivity contribution in [1.29, 1.82) is 0 Å². The molecule has 2 aliphatic rings. The highest BCUT2D eigenvalue weighted by Gasteiger charge is 2.35. The Morgan fingerprint density at radius 2 is 2.02 bits per heavy atom. The second kappa shape index (κ2) is 10.9. The van der Waals surface area contributed by atoms with Gasteiger partial charge in [-0.05, 0) is 47.4 Å². The third kappa shape index (κ3) is 5.77. The van der Waals surface area contributed by atoms with E-state index in [1.165, 1.54) is 28.5 Å². The van der Waals surface area contributed by atoms with E-state index in [1.54, 1.807) is 11.7 Å². The van der Waals surface area contributed by atoms with Crippen molar-refractivity contribution < 1.29 is 31.9 Å². The van der Waals surface area contributed by atoms with E-state index in [0.29, 0.717) is 18.7 Å². The van der Waals surface area contributed by atoms with Crippen LogP contribution in [0.4, 0.5) is 17.6 Å². The molecule has 0 bridgehead atoms. The number of benzene rings is 1. The van der Waals surface area contributed by atoms with Crippen molar-refractivity contribution in [3.63, 3.8) is 0 Å². The van der Waals surface area contributed by atoms with E-state index >= 15 is 0 Å². The molecule has 1 fully saturated rings. The lowest BCUT2D eigenvalue weighted by molar-refractivity contribution is -0.275. The van der Waals surface area contributed by atoms with Gasteiger partial charge in [0.25, 0.3) is 17.6 Å². The van der Waals surface area contributed by atoms with Crippen molar-refractivity contribution in [2.45, 2.75) is 38.2 Å². The fourth-order valence-corrected chi connectivity index (χ4v) is 5.24. The summed E-state index contributed by atoms with van der Waals surface area (Å²) in [4.78, 5) is 34.5. The molecule has 0 saturated heterocycles. The summed E-state index contributed by atoms with van der Waals surface area (Å²) in [6, 6.07) is 3.90. The summed E-state index contributed by atoms with van der Waals surface area (Å²) in [6.07, 6.45) is 2.35. The lowest BCUT2D eigenvalue weighted by atomic mass is 9.88. The summed E-state index contributed by atoms with van der Waals surface area (Å²) in [5, 5.41) is 21.2. The molecular weight excluding hydrogens is 576 g/mol. The Bertz CT molecular complexity index is 1800. The van der Waals surface area contributed by atoms with E-state index in [-0.39, 0.29) is 41.2 Å². The lowest BCUT2D eigenvalue weighted by Crippen LogP contribution is -2.39. The third-order valence-electron chi connectivity index (χ3n) is 7.22. The van der Waals surface area contributed by atoms with Crippen LogP contribution in [0.15, 0.2) is 48.3 Å². The van der Waals surface area contributed by atoms with Gasteiger partial charge in [0, 0.05) is 37.2 Å². The number of alkyl halides is 3. The summed E-state index contributed by atoms with van der Waals surface area (Å²) in [5.41, 5.74) is 2.08. The number of hydrogen-bond acceptors (Lipinski definition) is 9. The average Bonchev–Trinajstić information content (AvgIpc) is 3.71. The van der Waals surface area contributed by atoms with Gasteiger partial charge in [0.05, 0.1) is 0 Å². The monoisotopic (exact) mass is 598 g/mol. The smallest absolute Gasteiger partial charge is 0.403 e. The minimum atomic E-state index is -5.08. The van der Waals surface area contributed by atoms with Gasteiger partial charge in [-0.25, -0.2) is 14.1 Å². The lowest BCUT2D eigenvalue weighted by Gasteiger charge is -2.24. The number of nitrogens with one attached hydrogen (secondary N) is 2. The van der Waals surface area contributed by atoms with Crippen molar-refractivity contribution >= 4 is 23.2 Å². The largest absolute Gasteiger partial charge is 0.573 e. The van der Waals surface area contributed by atoms with Crippen molar-refractivity contribution in [3.8, 4) is 5.75 Å². The summed E-state index contributed by atoms with van der Waals surface area (Å²) in [5.74, 6) is -2.74. The number of halogens is 4. The standard InChI is InChI=1S/C26H22F4N10O3/c1-39-22(36-37-38-39)15-3-5-16-14(9-15)4-7-18(16)34-24(42)20-10-19(35-25-32-12-33-40(20)25)23(41)31-11-13-2-6-17(27)21(8-13)43-26(28,29)30/h2-3,6,8-10,12,16,18H,4-5,7,11H2,1H3,(H,31,41)(H,34,42)/t16?,18-/m0/s1. The van der Waals surface area contributed by atoms with Crippen LogP contribution >= 0.6 is 0 Å². The highest BCUT2D eigenvalue weighted by Crippen LogP contribution is 2.39. The Balaban J connectivity index is 1.16. The van der Waals surface area contributed by atoms with Gasteiger partial charge in [-0.15, -0.1) is 18.3 Å². The molecule has 0 radical (unpaired) electrons. The van der Waals surface area contributed by atoms with Gasteiger partial charge in [-0.1, -0.05) is 23.8 Å². The predicted molar refractivity (Wildman–Crippen MR) is 138 cm³/mol. The molecule has 222 valence electrons. The zero-order valence-electron chi connectivity index (χ0n) is 22.3. The summed E-state index contributed by atoms with van der Waals surface area (Å²) < 4.78 is 57.9. The first-order valence-electron chi connectivity index (χ1n) is 13.0. The number of tetrazole rings is 1. The summed E-state index contributed by atoms with van der Waals surface area (Å²) in [7, 11) is 1.76. The maximum atomic E-state index is 13.7. The third-order valence-corrected chi connectivity index (χ3v) is 7.22. The highest BCUT2D eigenvalue weighted by atomic mass is 19.4. The number of ether oxygens (including phenoxy) is 1. The van der Waals surface area contributed by atoms with Gasteiger partial charge in [-0.3, -0.25) is 9.59 Å². The molecule has 0 aliphatic heterocycles. The number of nitrogens with zero attached hydrogens (tertiary/aromatic N) is 8. The van der Waals surface area contributed by atoms with Gasteiger partial charge >= 0.3 is 6.36 Å². The van der Waals surface area contributed by atoms with Crippen LogP contribution in [0.5, 0.6) is 5.75 Å². The molecule has 3 heterocycles. The molecule has 0 spiro atoms. The first-order valence-corrected chi connectivity index (χ1v) is 13.0. The zero-order chi connectivity index (χ0) is 30.3. The summed E-state index contributed by atoms with van der Waals surface area (Å²) in [6.45, 7) is -0.271. The highest BCUT2D eigenvalue weighted by molar-refractivity contribution is 5.98. The summed E-state index contributed by atoms with van der Waals surface area (Å²) >= 11 is 0. The van der Waals surface area contributed by atoms with Crippen LogP contribution in [0.1, 0.15) is 51.6 Å². The molecule has 3 aromatic heterocycles. The predicted octanol–water partition coefficient (Wildman–Crippen LogP) is 2.54. The van der Waals surface area contributed by atoms with Gasteiger partial charge in [0.2, 0.25) is 0 Å². The number of fused-ring (bicyclic) bond motifs is 2. The molecule has 2 N–H and O–H groups in total. The molecule has 13 nitrogen and oxygen atoms in total. The number of carbonyl (C=O) groups excluding carboxylic acids is 2. The molecule has 2 amide bonds. The second-order valence-electron chi connectivity index (χ2n) is 9.96. The Morgan fingerprint density at radius 1 is 1.19 bits per heavy atom. The molecule has 6 rings (SSSR count). The average molecular weight is 599 g/mol. The van der Waals surface area contributed by atoms with E-state index in [0.717, 1.165) is 24.1 Å². The van der Waals surface area contributed by atoms with Crippen LogP contribution in [0, 0.1) is 11.7 Å². The molecule has 4 aromatic rings. The molecule has 2 atom stereocenters. The van der Waals surface area contributed by atoms with E-state index < -0.39 is 29.7 Å². The number of amides is 2. The van der Waals surface area contributed by atoms with Gasteiger partial charge in [0.15, 0.2) is 17.4 Å². The van der Waals surface area contributed by atoms with Crippen LogP contribution in [0.25, 0.3) is 11.4 Å². The van der Waals surface area contributed by atoms with Crippen molar-refractivity contribution in [3.05, 3.63) is 76.9 Å². The molecule has 1 aromatic carbocycles. The molecule has 1 saturated carbocycles. The minimum absolute atomic E-state index is 0.00465. The number of aromatic nitrogens is 8. The van der Waals surface area contributed by atoms with E-state index in [2.05, 4.69) is 52.0 Å². The maximum absolute atomic E-state index is 13.7. The number of aryl methyl sites for hydroxylation is 1. The number of allylic oxidation sites excluding steroid dienone is 3. The van der Waals surface area contributed by atoms with Gasteiger partial charge < -0.3 is 15.4 Å². The van der Waals surface area contributed by atoms with Crippen molar-refractivity contribution in [2.24, 2.45) is 13.0 Å².